The van der Waals surface area contributed by atoms with Gasteiger partial charge in [0.2, 0.25) is 11.8 Å². The average Bonchev–Trinajstić information content (AvgIpc) is 3.73. The Morgan fingerprint density at radius 2 is 1.23 bits per heavy atom. The lowest BCUT2D eigenvalue weighted by Gasteiger charge is -2.36. The van der Waals surface area contributed by atoms with Gasteiger partial charge < -0.3 is 25.8 Å². The minimum Gasteiger partial charge on any atom is -0.480 e. The molecular formula is C48H51N7O7. The van der Waals surface area contributed by atoms with Gasteiger partial charge in [0.15, 0.2) is 5.82 Å². The van der Waals surface area contributed by atoms with Crippen molar-refractivity contribution in [3.8, 4) is 0 Å². The number of rotatable bonds is 17. The number of carboxylic acid groups (broad SMARTS) is 1. The Kier molecular flexibility index (Phi) is 13.9. The molecule has 0 spiro atoms. The summed E-state index contributed by atoms with van der Waals surface area (Å²) in [5.74, 6) is -4.46. The Labute approximate surface area is 360 Å². The Balaban J connectivity index is 1.35. The predicted octanol–water partition coefficient (Wildman–Crippen LogP) is 5.84. The van der Waals surface area contributed by atoms with E-state index in [-0.39, 0.29) is 12.8 Å². The molecule has 0 aliphatic rings. The number of nitrogens with zero attached hydrogens (tertiary/aromatic N) is 4. The number of aryl methyl sites for hydroxylation is 1. The number of nitrogens with one attached hydrogen (secondary N) is 3. The van der Waals surface area contributed by atoms with Gasteiger partial charge in [0, 0.05) is 12.0 Å². The van der Waals surface area contributed by atoms with E-state index >= 15 is 0 Å². The molecule has 3 atom stereocenters. The molecule has 0 aliphatic carbocycles. The molecule has 1 heterocycles. The number of tetrazole rings is 1. The molecule has 4 N–H and O–H groups in total. The third-order valence-electron chi connectivity index (χ3n) is 10.4. The van der Waals surface area contributed by atoms with Gasteiger partial charge in [-0.15, -0.1) is 5.10 Å². The molecule has 0 radical (unpaired) electrons. The van der Waals surface area contributed by atoms with Crippen molar-refractivity contribution in [2.24, 2.45) is 5.92 Å². The zero-order valence-electron chi connectivity index (χ0n) is 35.3. The molecule has 0 unspecified atom stereocenters. The van der Waals surface area contributed by atoms with Gasteiger partial charge in [-0.25, -0.2) is 9.48 Å². The summed E-state index contributed by atoms with van der Waals surface area (Å²) < 4.78 is 7.03. The molecule has 62 heavy (non-hydrogen) atoms. The SMILES string of the molecule is CC(C)[C@H](NC(=O)[C@H](CCc1nnnn1C(c1ccccc1)(c1ccccc1)c1ccccc1)NC(=O)c1cccc2ccccc12)C(=O)N[C@@H](CC(=O)OC(C)(C)C)C(=O)O. The van der Waals surface area contributed by atoms with Crippen LogP contribution in [0.25, 0.3) is 10.8 Å². The first-order valence-corrected chi connectivity index (χ1v) is 20.5. The van der Waals surface area contributed by atoms with E-state index in [0.717, 1.165) is 22.1 Å². The number of aliphatic carboxylic acids is 1. The van der Waals surface area contributed by atoms with Gasteiger partial charge in [0.05, 0.1) is 6.42 Å². The molecule has 3 amide bonds. The fourth-order valence-electron chi connectivity index (χ4n) is 7.53. The summed E-state index contributed by atoms with van der Waals surface area (Å²) in [6, 6.07) is 38.1. The van der Waals surface area contributed by atoms with E-state index in [4.69, 9.17) is 4.74 Å². The zero-order valence-corrected chi connectivity index (χ0v) is 35.3. The number of carbonyl (C=O) groups excluding carboxylic acids is 4. The maximum atomic E-state index is 14.5. The van der Waals surface area contributed by atoms with Crippen molar-refractivity contribution >= 4 is 40.4 Å². The van der Waals surface area contributed by atoms with Crippen LogP contribution in [-0.2, 0) is 35.9 Å². The number of carbonyl (C=O) groups is 5. The summed E-state index contributed by atoms with van der Waals surface area (Å²) in [4.78, 5) is 67.2. The molecule has 1 aromatic heterocycles. The number of benzene rings is 5. The summed E-state index contributed by atoms with van der Waals surface area (Å²) in [6.45, 7) is 8.30. The zero-order chi connectivity index (χ0) is 44.4. The molecule has 14 heteroatoms. The van der Waals surface area contributed by atoms with E-state index in [1.54, 1.807) is 51.4 Å². The van der Waals surface area contributed by atoms with Crippen molar-refractivity contribution in [3.63, 3.8) is 0 Å². The number of carboxylic acids is 1. The van der Waals surface area contributed by atoms with E-state index < -0.39 is 71.3 Å². The second-order valence-electron chi connectivity index (χ2n) is 16.3. The van der Waals surface area contributed by atoms with Crippen molar-refractivity contribution < 1.29 is 33.8 Å². The Morgan fingerprint density at radius 3 is 1.77 bits per heavy atom. The van der Waals surface area contributed by atoms with Crippen LogP contribution in [0.2, 0.25) is 0 Å². The number of hydrogen-bond donors (Lipinski definition) is 4. The number of hydrogen-bond acceptors (Lipinski definition) is 9. The number of fused-ring (bicyclic) bond motifs is 1. The smallest absolute Gasteiger partial charge is 0.326 e. The fourth-order valence-corrected chi connectivity index (χ4v) is 7.53. The van der Waals surface area contributed by atoms with Crippen molar-refractivity contribution in [2.75, 3.05) is 0 Å². The van der Waals surface area contributed by atoms with Crippen LogP contribution in [0.5, 0.6) is 0 Å². The molecule has 0 bridgehead atoms. The minimum atomic E-state index is -1.63. The number of amides is 3. The van der Waals surface area contributed by atoms with Gasteiger partial charge >= 0.3 is 11.9 Å². The molecule has 14 nitrogen and oxygen atoms in total. The van der Waals surface area contributed by atoms with Crippen LogP contribution >= 0.6 is 0 Å². The lowest BCUT2D eigenvalue weighted by Crippen LogP contribution is -2.57. The Bertz CT molecular complexity index is 2400. The van der Waals surface area contributed by atoms with Crippen LogP contribution in [0.3, 0.4) is 0 Å². The number of ether oxygens (including phenoxy) is 1. The van der Waals surface area contributed by atoms with E-state index in [1.165, 1.54) is 0 Å². The maximum absolute atomic E-state index is 14.5. The molecule has 320 valence electrons. The largest absolute Gasteiger partial charge is 0.480 e. The van der Waals surface area contributed by atoms with Crippen molar-refractivity contribution in [2.45, 2.75) is 83.1 Å². The normalized spacial score (nSPS) is 13.1. The van der Waals surface area contributed by atoms with Crippen molar-refractivity contribution in [1.29, 1.82) is 0 Å². The molecule has 0 saturated carbocycles. The average molecular weight is 838 g/mol. The van der Waals surface area contributed by atoms with E-state index in [1.807, 2.05) is 121 Å². The second-order valence-corrected chi connectivity index (χ2v) is 16.3. The lowest BCUT2D eigenvalue weighted by molar-refractivity contribution is -0.158. The third kappa shape index (κ3) is 10.2. The molecular weight excluding hydrogens is 787 g/mol. The first kappa shape index (κ1) is 44.3. The van der Waals surface area contributed by atoms with Crippen LogP contribution < -0.4 is 16.0 Å². The summed E-state index contributed by atoms with van der Waals surface area (Å²) >= 11 is 0. The highest BCUT2D eigenvalue weighted by Gasteiger charge is 2.42. The van der Waals surface area contributed by atoms with Crippen LogP contribution in [0.1, 0.15) is 80.3 Å². The van der Waals surface area contributed by atoms with Gasteiger partial charge in [-0.1, -0.05) is 141 Å². The van der Waals surface area contributed by atoms with Crippen molar-refractivity contribution in [3.05, 3.63) is 162 Å². The fraction of sp³-hybridized carbons (Fsp3) is 0.292. The lowest BCUT2D eigenvalue weighted by atomic mass is 9.77. The van der Waals surface area contributed by atoms with Crippen LogP contribution in [-0.4, -0.2) is 78.7 Å². The highest BCUT2D eigenvalue weighted by atomic mass is 16.6. The third-order valence-corrected chi connectivity index (χ3v) is 10.4. The van der Waals surface area contributed by atoms with Gasteiger partial charge in [0.25, 0.3) is 5.91 Å². The topological polar surface area (TPSA) is 194 Å². The summed E-state index contributed by atoms with van der Waals surface area (Å²) in [7, 11) is 0. The molecule has 6 aromatic rings. The first-order valence-electron chi connectivity index (χ1n) is 20.5. The molecule has 0 aliphatic heterocycles. The first-order chi connectivity index (χ1) is 29.7. The van der Waals surface area contributed by atoms with Crippen LogP contribution in [0.15, 0.2) is 133 Å². The predicted molar refractivity (Wildman–Crippen MR) is 233 cm³/mol. The second kappa shape index (κ2) is 19.4. The number of aromatic nitrogens is 4. The molecule has 0 saturated heterocycles. The molecule has 6 rings (SSSR count). The van der Waals surface area contributed by atoms with Gasteiger partial charge in [-0.3, -0.25) is 19.2 Å². The summed E-state index contributed by atoms with van der Waals surface area (Å²) in [5, 5.41) is 32.7. The van der Waals surface area contributed by atoms with Gasteiger partial charge in [-0.05, 0) is 77.1 Å². The minimum absolute atomic E-state index is 0.0139. The standard InChI is InChI=1S/C48H51N7O7/c1-31(2)42(45(59)50-39(46(60)61)30-41(56)62-47(3,4)5)51-44(58)38(49-43(57)37-27-17-19-32-18-15-16-26-36(32)37)28-29-40-52-53-54-55(40)48(33-20-9-6-10-21-33,34-22-11-7-12-23-34)35-24-13-8-14-25-35/h6-27,31,38-39,42H,28-30H2,1-5H3,(H,49,57)(H,50,59)(H,51,58)(H,60,61)/t38-,39-,42-/m0/s1. The number of esters is 1. The van der Waals surface area contributed by atoms with Crippen LogP contribution in [0.4, 0.5) is 0 Å². The van der Waals surface area contributed by atoms with E-state index in [2.05, 4.69) is 31.5 Å². The van der Waals surface area contributed by atoms with Gasteiger partial charge in [0.1, 0.15) is 29.3 Å². The van der Waals surface area contributed by atoms with Gasteiger partial charge in [-0.2, -0.15) is 0 Å². The van der Waals surface area contributed by atoms with Crippen LogP contribution in [0, 0.1) is 5.92 Å². The van der Waals surface area contributed by atoms with E-state index in [9.17, 15) is 29.1 Å². The van der Waals surface area contributed by atoms with E-state index in [0.29, 0.717) is 16.8 Å². The Morgan fingerprint density at radius 1 is 0.677 bits per heavy atom. The molecule has 5 aromatic carbocycles. The summed E-state index contributed by atoms with van der Waals surface area (Å²) in [5.41, 5.74) is 1.03. The monoisotopic (exact) mass is 837 g/mol. The summed E-state index contributed by atoms with van der Waals surface area (Å²) in [6.07, 6.45) is -0.559. The quantitative estimate of drug-likeness (QED) is 0.0641. The highest BCUT2D eigenvalue weighted by molar-refractivity contribution is 6.08. The van der Waals surface area contributed by atoms with Crippen molar-refractivity contribution in [1.82, 2.24) is 36.2 Å². The highest BCUT2D eigenvalue weighted by Crippen LogP contribution is 2.40. The Hall–Kier alpha value is -7.22. The maximum Gasteiger partial charge on any atom is 0.326 e. The molecule has 0 fully saturated rings.